The van der Waals surface area contributed by atoms with Crippen molar-refractivity contribution in [3.05, 3.63) is 47.0 Å². The van der Waals surface area contributed by atoms with Gasteiger partial charge in [-0.25, -0.2) is 8.78 Å². The van der Waals surface area contributed by atoms with Gasteiger partial charge < -0.3 is 4.74 Å². The molecule has 5 heteroatoms. The predicted octanol–water partition coefficient (Wildman–Crippen LogP) is 6.37. The van der Waals surface area contributed by atoms with Gasteiger partial charge in [-0.05, 0) is 57.9 Å². The predicted molar refractivity (Wildman–Crippen MR) is 133 cm³/mol. The first-order chi connectivity index (χ1) is 15.3. The molecule has 0 aromatic heterocycles. The molecule has 3 unspecified atom stereocenters. The second-order valence-electron chi connectivity index (χ2n) is 11.3. The number of halogens is 2. The van der Waals surface area contributed by atoms with E-state index in [-0.39, 0.29) is 11.0 Å². The molecule has 2 heterocycles. The van der Waals surface area contributed by atoms with Crippen molar-refractivity contribution >= 4 is 0 Å². The maximum atomic E-state index is 13.7. The average Bonchev–Trinajstić information content (AvgIpc) is 2.72. The van der Waals surface area contributed by atoms with Crippen LogP contribution in [0.3, 0.4) is 0 Å². The zero-order valence-corrected chi connectivity index (χ0v) is 21.7. The van der Waals surface area contributed by atoms with Gasteiger partial charge in [-0.1, -0.05) is 49.8 Å². The van der Waals surface area contributed by atoms with E-state index < -0.39 is 5.92 Å². The van der Waals surface area contributed by atoms with Gasteiger partial charge in [0, 0.05) is 50.7 Å². The van der Waals surface area contributed by atoms with Crippen molar-refractivity contribution in [3.63, 3.8) is 0 Å². The minimum atomic E-state index is -2.80. The van der Waals surface area contributed by atoms with Crippen LogP contribution in [0.25, 0.3) is 0 Å². The van der Waals surface area contributed by atoms with E-state index in [0.29, 0.717) is 24.3 Å². The third-order valence-electron chi connectivity index (χ3n) is 7.43. The third-order valence-corrected chi connectivity index (χ3v) is 7.43. The van der Waals surface area contributed by atoms with Crippen molar-refractivity contribution in [1.82, 2.24) is 9.80 Å². The quantitative estimate of drug-likeness (QED) is 0.438. The summed E-state index contributed by atoms with van der Waals surface area (Å²) in [5, 5.41) is 0. The molecule has 2 aliphatic heterocycles. The van der Waals surface area contributed by atoms with E-state index in [1.807, 2.05) is 12.1 Å². The molecule has 33 heavy (non-hydrogen) atoms. The Kier molecular flexibility index (Phi) is 8.40. The second kappa shape index (κ2) is 10.5. The van der Waals surface area contributed by atoms with E-state index in [9.17, 15) is 8.78 Å². The smallest absolute Gasteiger partial charge is 0.270 e. The molecular weight excluding hydrogens is 418 g/mol. The Bertz CT molecular complexity index is 777. The Morgan fingerprint density at radius 1 is 0.970 bits per heavy atom. The summed E-state index contributed by atoms with van der Waals surface area (Å²) in [4.78, 5) is 5.28. The highest BCUT2D eigenvalue weighted by Gasteiger charge is 2.34. The second-order valence-corrected chi connectivity index (χ2v) is 11.3. The van der Waals surface area contributed by atoms with Gasteiger partial charge in [0.25, 0.3) is 5.92 Å². The molecule has 0 spiro atoms. The summed E-state index contributed by atoms with van der Waals surface area (Å²) in [6, 6.07) is 7.91. The van der Waals surface area contributed by atoms with Crippen LogP contribution in [-0.2, 0) is 16.1 Å². The number of ether oxygens (including phenoxy) is 1. The van der Waals surface area contributed by atoms with Crippen LogP contribution >= 0.6 is 0 Å². The number of hydrogen-bond donors (Lipinski definition) is 0. The summed E-state index contributed by atoms with van der Waals surface area (Å²) in [6.07, 6.45) is 6.30. The van der Waals surface area contributed by atoms with Crippen LogP contribution in [0.2, 0.25) is 0 Å². The van der Waals surface area contributed by atoms with Crippen LogP contribution in [0.5, 0.6) is 0 Å². The van der Waals surface area contributed by atoms with Gasteiger partial charge in [0.15, 0.2) is 0 Å². The maximum Gasteiger partial charge on any atom is 0.270 e. The fourth-order valence-electron chi connectivity index (χ4n) is 5.64. The topological polar surface area (TPSA) is 15.7 Å². The highest BCUT2D eigenvalue weighted by atomic mass is 19.3. The van der Waals surface area contributed by atoms with E-state index >= 15 is 0 Å². The molecule has 1 aromatic carbocycles. The molecule has 0 bridgehead atoms. The molecule has 0 aliphatic carbocycles. The molecule has 0 radical (unpaired) electrons. The Morgan fingerprint density at radius 2 is 1.48 bits per heavy atom. The van der Waals surface area contributed by atoms with E-state index in [1.165, 1.54) is 5.57 Å². The van der Waals surface area contributed by atoms with E-state index in [1.54, 1.807) is 12.1 Å². The fraction of sp³-hybridized carbons (Fsp3) is 0.714. The molecule has 1 aromatic rings. The van der Waals surface area contributed by atoms with Gasteiger partial charge in [-0.3, -0.25) is 9.80 Å². The number of alkyl halides is 2. The third kappa shape index (κ3) is 7.10. The number of hydrogen-bond acceptors (Lipinski definition) is 3. The van der Waals surface area contributed by atoms with Crippen LogP contribution in [0.15, 0.2) is 35.9 Å². The van der Waals surface area contributed by atoms with Crippen LogP contribution in [0.4, 0.5) is 8.78 Å². The van der Waals surface area contributed by atoms with Crippen molar-refractivity contribution in [2.75, 3.05) is 26.2 Å². The monoisotopic (exact) mass is 462 g/mol. The zero-order valence-electron chi connectivity index (χ0n) is 21.7. The number of allylic oxidation sites excluding steroid dienone is 1. The van der Waals surface area contributed by atoms with Crippen molar-refractivity contribution in [1.29, 1.82) is 0 Å². The van der Waals surface area contributed by atoms with Gasteiger partial charge in [0.05, 0.1) is 12.2 Å². The molecule has 3 rings (SSSR count). The lowest BCUT2D eigenvalue weighted by Gasteiger charge is -2.46. The Hall–Kier alpha value is -1.30. The van der Waals surface area contributed by atoms with Crippen LogP contribution in [-0.4, -0.2) is 60.3 Å². The SMILES string of the molecule is CC(C)=CC(CC(C)(C)c1ccc(C(C)(F)F)cc1)N1CCN(C2CC(C)OC(C)C2)CC1. The highest BCUT2D eigenvalue weighted by Crippen LogP contribution is 2.34. The molecule has 2 saturated heterocycles. The van der Waals surface area contributed by atoms with Gasteiger partial charge >= 0.3 is 0 Å². The Morgan fingerprint density at radius 3 is 1.97 bits per heavy atom. The van der Waals surface area contributed by atoms with Crippen molar-refractivity contribution < 1.29 is 13.5 Å². The molecule has 3 nitrogen and oxygen atoms in total. The van der Waals surface area contributed by atoms with E-state index in [0.717, 1.165) is 57.9 Å². The minimum absolute atomic E-state index is 0.0794. The summed E-state index contributed by atoms with van der Waals surface area (Å²) in [5.41, 5.74) is 2.41. The number of nitrogens with zero attached hydrogens (tertiary/aromatic N) is 2. The summed E-state index contributed by atoms with van der Waals surface area (Å²) in [7, 11) is 0. The van der Waals surface area contributed by atoms with Crippen molar-refractivity contribution in [3.8, 4) is 0 Å². The first kappa shape index (κ1) is 26.3. The normalized spacial score (nSPS) is 26.8. The molecule has 2 aliphatic rings. The molecule has 0 N–H and O–H groups in total. The summed E-state index contributed by atoms with van der Waals surface area (Å²) in [5.74, 6) is -2.80. The number of benzene rings is 1. The van der Waals surface area contributed by atoms with Crippen LogP contribution in [0, 0.1) is 0 Å². The average molecular weight is 463 g/mol. The maximum absolute atomic E-state index is 13.7. The van der Waals surface area contributed by atoms with Gasteiger partial charge in [-0.15, -0.1) is 0 Å². The lowest BCUT2D eigenvalue weighted by Crippen LogP contribution is -2.55. The first-order valence-electron chi connectivity index (χ1n) is 12.6. The van der Waals surface area contributed by atoms with Crippen molar-refractivity contribution in [2.24, 2.45) is 0 Å². The molecule has 186 valence electrons. The number of piperazine rings is 1. The molecule has 3 atom stereocenters. The van der Waals surface area contributed by atoms with Crippen LogP contribution < -0.4 is 0 Å². The van der Waals surface area contributed by atoms with Crippen LogP contribution in [0.1, 0.15) is 78.9 Å². The van der Waals surface area contributed by atoms with E-state index in [4.69, 9.17) is 4.74 Å². The Balaban J connectivity index is 1.67. The largest absolute Gasteiger partial charge is 0.375 e. The first-order valence-corrected chi connectivity index (χ1v) is 12.6. The zero-order chi connectivity index (χ0) is 24.4. The molecular formula is C28H44F2N2O. The standard InChI is InChI=1S/C28H44F2N2O/c1-20(2)16-26(19-27(5,6)23-8-10-24(11-9-23)28(7,29)30)32-14-12-31(13-15-32)25-17-21(3)33-22(4)18-25/h8-11,16,21-22,25-26H,12-15,17-19H2,1-7H3. The molecule has 0 amide bonds. The van der Waals surface area contributed by atoms with Gasteiger partial charge in [-0.2, -0.15) is 0 Å². The van der Waals surface area contributed by atoms with Crippen molar-refractivity contribution in [2.45, 2.75) is 103 Å². The van der Waals surface area contributed by atoms with Gasteiger partial charge in [0.1, 0.15) is 0 Å². The summed E-state index contributed by atoms with van der Waals surface area (Å²) in [6.45, 7) is 18.5. The lowest BCUT2D eigenvalue weighted by atomic mass is 9.78. The summed E-state index contributed by atoms with van der Waals surface area (Å²) < 4.78 is 33.3. The number of rotatable bonds is 7. The highest BCUT2D eigenvalue weighted by molar-refractivity contribution is 5.30. The molecule has 0 saturated carbocycles. The van der Waals surface area contributed by atoms with E-state index in [2.05, 4.69) is 57.4 Å². The fourth-order valence-corrected chi connectivity index (χ4v) is 5.64. The lowest BCUT2D eigenvalue weighted by molar-refractivity contribution is -0.0724. The molecule has 2 fully saturated rings. The minimum Gasteiger partial charge on any atom is -0.375 e. The Labute approximate surface area is 200 Å². The van der Waals surface area contributed by atoms with Gasteiger partial charge in [0.2, 0.25) is 0 Å². The summed E-state index contributed by atoms with van der Waals surface area (Å²) >= 11 is 0.